The Morgan fingerprint density at radius 1 is 1.40 bits per heavy atom. The molecule has 0 saturated heterocycles. The van der Waals surface area contributed by atoms with Crippen molar-refractivity contribution >= 4 is 17.5 Å². The Labute approximate surface area is 125 Å². The number of aryl methyl sites for hydroxylation is 1. The molecular weight excluding hydrogens is 270 g/mol. The first-order chi connectivity index (χ1) is 9.53. The maximum Gasteiger partial charge on any atom is 0.224 e. The monoisotopic (exact) mass is 291 g/mol. The summed E-state index contributed by atoms with van der Waals surface area (Å²) >= 11 is 5.91. The largest absolute Gasteiger partial charge is 0.355 e. The zero-order valence-electron chi connectivity index (χ0n) is 12.2. The van der Waals surface area contributed by atoms with E-state index in [1.54, 1.807) is 0 Å². The fourth-order valence-corrected chi connectivity index (χ4v) is 3.51. The van der Waals surface area contributed by atoms with Crippen LogP contribution in [0, 0.1) is 17.3 Å². The van der Waals surface area contributed by atoms with Gasteiger partial charge in [-0.25, -0.2) is 0 Å². The second-order valence-corrected chi connectivity index (χ2v) is 7.24. The molecule has 3 unspecified atom stereocenters. The summed E-state index contributed by atoms with van der Waals surface area (Å²) in [7, 11) is 0. The highest BCUT2D eigenvalue weighted by Crippen LogP contribution is 2.59. The molecule has 3 rings (SSSR count). The average molecular weight is 292 g/mol. The van der Waals surface area contributed by atoms with Crippen LogP contribution in [0.3, 0.4) is 0 Å². The van der Waals surface area contributed by atoms with Gasteiger partial charge >= 0.3 is 0 Å². The van der Waals surface area contributed by atoms with Gasteiger partial charge in [-0.2, -0.15) is 0 Å². The molecule has 3 atom stereocenters. The van der Waals surface area contributed by atoms with Gasteiger partial charge in [0.2, 0.25) is 5.91 Å². The first kappa shape index (κ1) is 13.9. The van der Waals surface area contributed by atoms with Crippen molar-refractivity contribution in [3.63, 3.8) is 0 Å². The van der Waals surface area contributed by atoms with Gasteiger partial charge < -0.3 is 5.32 Å². The van der Waals surface area contributed by atoms with Crippen LogP contribution >= 0.6 is 11.6 Å². The molecule has 1 N–H and O–H groups in total. The van der Waals surface area contributed by atoms with E-state index in [-0.39, 0.29) is 17.2 Å². The van der Waals surface area contributed by atoms with E-state index in [2.05, 4.69) is 43.4 Å². The molecule has 1 fully saturated rings. The molecule has 0 bridgehead atoms. The summed E-state index contributed by atoms with van der Waals surface area (Å²) in [5.74, 6) is 1.98. The van der Waals surface area contributed by atoms with E-state index in [4.69, 9.17) is 11.6 Å². The van der Waals surface area contributed by atoms with Gasteiger partial charge in [0.1, 0.15) is 0 Å². The third kappa shape index (κ3) is 2.46. The Morgan fingerprint density at radius 3 is 2.90 bits per heavy atom. The quantitative estimate of drug-likeness (QED) is 0.847. The molecule has 1 saturated carbocycles. The normalized spacial score (nSPS) is 27.4. The van der Waals surface area contributed by atoms with Gasteiger partial charge in [-0.1, -0.05) is 38.1 Å². The lowest BCUT2D eigenvalue weighted by Crippen LogP contribution is -2.36. The number of fused-ring (bicyclic) bond motifs is 3. The third-order valence-corrected chi connectivity index (χ3v) is 5.46. The summed E-state index contributed by atoms with van der Waals surface area (Å²) < 4.78 is 0. The van der Waals surface area contributed by atoms with E-state index in [1.165, 1.54) is 11.1 Å². The highest BCUT2D eigenvalue weighted by molar-refractivity contribution is 6.18. The molecule has 0 radical (unpaired) electrons. The molecule has 2 aliphatic rings. The molecule has 2 nitrogen and oxygen atoms in total. The first-order valence-corrected chi connectivity index (χ1v) is 7.98. The molecule has 0 aromatic heterocycles. The number of rotatable bonds is 4. The Balaban J connectivity index is 1.66. The zero-order valence-corrected chi connectivity index (χ0v) is 12.9. The van der Waals surface area contributed by atoms with Crippen molar-refractivity contribution in [2.75, 3.05) is 12.4 Å². The van der Waals surface area contributed by atoms with Crippen molar-refractivity contribution in [3.8, 4) is 0 Å². The van der Waals surface area contributed by atoms with Crippen molar-refractivity contribution in [2.24, 2.45) is 17.3 Å². The number of carbonyl (C=O) groups excluding carboxylic acids is 1. The molecule has 0 spiro atoms. The summed E-state index contributed by atoms with van der Waals surface area (Å²) in [4.78, 5) is 12.4. The van der Waals surface area contributed by atoms with Crippen molar-refractivity contribution in [2.45, 2.75) is 32.6 Å². The van der Waals surface area contributed by atoms with Crippen LogP contribution in [-0.2, 0) is 11.2 Å². The van der Waals surface area contributed by atoms with Gasteiger partial charge in [0.05, 0.1) is 0 Å². The molecule has 2 aliphatic carbocycles. The number of amides is 1. The molecule has 0 heterocycles. The average Bonchev–Trinajstić information content (AvgIpc) is 3.20. The van der Waals surface area contributed by atoms with E-state index in [0.717, 1.165) is 12.8 Å². The smallest absolute Gasteiger partial charge is 0.224 e. The van der Waals surface area contributed by atoms with Crippen molar-refractivity contribution in [3.05, 3.63) is 35.4 Å². The summed E-state index contributed by atoms with van der Waals surface area (Å²) in [6.45, 7) is 4.82. The van der Waals surface area contributed by atoms with Crippen LogP contribution in [0.4, 0.5) is 0 Å². The number of hydrogen-bond acceptors (Lipinski definition) is 1. The molecule has 108 valence electrons. The molecular formula is C17H22ClNO. The van der Waals surface area contributed by atoms with Gasteiger partial charge in [-0.15, -0.1) is 11.6 Å². The standard InChI is InChI=1S/C17H22ClNO/c1-17(2,9-18)10-19-16(20)15-13-8-7-11-5-3-4-6-12(11)14(13)15/h3-6,13-15H,7-10H2,1-2H3,(H,19,20). The molecule has 3 heteroatoms. The molecule has 1 aromatic carbocycles. The summed E-state index contributed by atoms with van der Waals surface area (Å²) in [6, 6.07) is 8.59. The summed E-state index contributed by atoms with van der Waals surface area (Å²) in [5, 5.41) is 3.10. The minimum absolute atomic E-state index is 0.0326. The minimum atomic E-state index is -0.0326. The van der Waals surface area contributed by atoms with E-state index in [9.17, 15) is 4.79 Å². The Bertz CT molecular complexity index is 525. The lowest BCUT2D eigenvalue weighted by Gasteiger charge is -2.21. The van der Waals surface area contributed by atoms with Crippen LogP contribution in [0.1, 0.15) is 37.3 Å². The fraction of sp³-hybridized carbons (Fsp3) is 0.588. The third-order valence-electron chi connectivity index (χ3n) is 4.74. The summed E-state index contributed by atoms with van der Waals surface area (Å²) in [6.07, 6.45) is 2.27. The number of alkyl halides is 1. The number of benzene rings is 1. The predicted molar refractivity (Wildman–Crippen MR) is 82.0 cm³/mol. The zero-order chi connectivity index (χ0) is 14.3. The molecule has 20 heavy (non-hydrogen) atoms. The van der Waals surface area contributed by atoms with E-state index < -0.39 is 0 Å². The maximum atomic E-state index is 12.4. The SMILES string of the molecule is CC(C)(CCl)CNC(=O)C1C2CCc3ccccc3C21. The minimum Gasteiger partial charge on any atom is -0.355 e. The van der Waals surface area contributed by atoms with Crippen molar-refractivity contribution in [1.29, 1.82) is 0 Å². The highest BCUT2D eigenvalue weighted by Gasteiger charge is 2.56. The number of carbonyl (C=O) groups is 1. The highest BCUT2D eigenvalue weighted by atomic mass is 35.5. The fourth-order valence-electron chi connectivity index (χ4n) is 3.42. The van der Waals surface area contributed by atoms with Crippen molar-refractivity contribution in [1.82, 2.24) is 5.32 Å². The van der Waals surface area contributed by atoms with Crippen molar-refractivity contribution < 1.29 is 4.79 Å². The van der Waals surface area contributed by atoms with Crippen LogP contribution in [0.5, 0.6) is 0 Å². The van der Waals surface area contributed by atoms with Crippen LogP contribution in [0.25, 0.3) is 0 Å². The maximum absolute atomic E-state index is 12.4. The van der Waals surface area contributed by atoms with Gasteiger partial charge in [-0.3, -0.25) is 4.79 Å². The van der Waals surface area contributed by atoms with E-state index in [1.807, 2.05) is 0 Å². The molecule has 1 amide bonds. The topological polar surface area (TPSA) is 29.1 Å². The van der Waals surface area contributed by atoms with E-state index in [0.29, 0.717) is 24.3 Å². The number of halogens is 1. The van der Waals surface area contributed by atoms with Gasteiger partial charge in [0, 0.05) is 18.3 Å². The Hall–Kier alpha value is -1.02. The first-order valence-electron chi connectivity index (χ1n) is 7.45. The Morgan fingerprint density at radius 2 is 2.15 bits per heavy atom. The summed E-state index contributed by atoms with van der Waals surface area (Å²) in [5.41, 5.74) is 2.81. The van der Waals surface area contributed by atoms with Gasteiger partial charge in [0.25, 0.3) is 0 Å². The Kier molecular flexibility index (Phi) is 3.53. The molecule has 1 aromatic rings. The lowest BCUT2D eigenvalue weighted by molar-refractivity contribution is -0.123. The van der Waals surface area contributed by atoms with Gasteiger partial charge in [-0.05, 0) is 41.2 Å². The second-order valence-electron chi connectivity index (χ2n) is 6.97. The molecule has 0 aliphatic heterocycles. The van der Waals surface area contributed by atoms with Crippen LogP contribution in [0.15, 0.2) is 24.3 Å². The van der Waals surface area contributed by atoms with Gasteiger partial charge in [0.15, 0.2) is 0 Å². The van der Waals surface area contributed by atoms with Crippen LogP contribution in [-0.4, -0.2) is 18.3 Å². The van der Waals surface area contributed by atoms with Crippen LogP contribution in [0.2, 0.25) is 0 Å². The predicted octanol–water partition coefficient (Wildman–Crippen LogP) is 3.34. The lowest BCUT2D eigenvalue weighted by atomic mass is 9.92. The van der Waals surface area contributed by atoms with E-state index >= 15 is 0 Å². The number of hydrogen-bond donors (Lipinski definition) is 1. The second kappa shape index (κ2) is 5.07. The van der Waals surface area contributed by atoms with Crippen LogP contribution < -0.4 is 5.32 Å². The number of nitrogens with one attached hydrogen (secondary N) is 1.